The van der Waals surface area contributed by atoms with E-state index >= 15 is 0 Å². The van der Waals surface area contributed by atoms with Crippen LogP contribution in [-0.2, 0) is 52.9 Å². The van der Waals surface area contributed by atoms with Crippen molar-refractivity contribution in [3.05, 3.63) is 98.5 Å². The number of benzene rings is 1. The van der Waals surface area contributed by atoms with Crippen molar-refractivity contribution in [1.82, 2.24) is 34.9 Å². The molecule has 2 unspecified atom stereocenters. The van der Waals surface area contributed by atoms with Crippen LogP contribution in [0.25, 0.3) is 0 Å². The van der Waals surface area contributed by atoms with Gasteiger partial charge in [0.2, 0.25) is 11.5 Å². The van der Waals surface area contributed by atoms with E-state index in [0.717, 1.165) is 18.9 Å². The van der Waals surface area contributed by atoms with Gasteiger partial charge in [0, 0.05) is 92.3 Å². The van der Waals surface area contributed by atoms with Crippen LogP contribution in [0.5, 0.6) is 17.2 Å². The van der Waals surface area contributed by atoms with Gasteiger partial charge >= 0.3 is 5.97 Å². The van der Waals surface area contributed by atoms with Gasteiger partial charge in [-0.25, -0.2) is 4.79 Å². The number of amides is 5. The van der Waals surface area contributed by atoms with Crippen LogP contribution in [0, 0.1) is 5.92 Å². The summed E-state index contributed by atoms with van der Waals surface area (Å²) in [6.07, 6.45) is 5.21. The molecule has 23 nitrogen and oxygen atoms in total. The second-order valence-electron chi connectivity index (χ2n) is 14.4. The molecular formula is C42H53N7O16. The first-order valence-electron chi connectivity index (χ1n) is 20.2. The first kappa shape index (κ1) is 50.6. The molecule has 5 amide bonds. The number of carboxylic acid groups (broad SMARTS) is 1. The molecule has 3 heterocycles. The van der Waals surface area contributed by atoms with Gasteiger partial charge in [0.25, 0.3) is 34.7 Å². The number of ether oxygens (including phenoxy) is 4. The van der Waals surface area contributed by atoms with Crippen LogP contribution in [0.4, 0.5) is 0 Å². The summed E-state index contributed by atoms with van der Waals surface area (Å²) < 4.78 is 22.4. The molecular weight excluding hydrogens is 858 g/mol. The number of carbonyl (C=O) groups is 6. The van der Waals surface area contributed by atoms with Crippen molar-refractivity contribution in [3.8, 4) is 17.2 Å². The fourth-order valence-electron chi connectivity index (χ4n) is 6.53. The van der Waals surface area contributed by atoms with Gasteiger partial charge in [-0.05, 0) is 36.2 Å². The zero-order valence-electron chi connectivity index (χ0n) is 36.0. The quantitative estimate of drug-likeness (QED) is 0.0447. The lowest BCUT2D eigenvalue weighted by Gasteiger charge is -2.40. The summed E-state index contributed by atoms with van der Waals surface area (Å²) in [5.74, 6) is -9.60. The highest BCUT2D eigenvalue weighted by Gasteiger charge is 2.57. The molecule has 2 aromatic heterocycles. The summed E-state index contributed by atoms with van der Waals surface area (Å²) in [5, 5.41) is 49.8. The van der Waals surface area contributed by atoms with Crippen LogP contribution < -0.4 is 31.8 Å². The summed E-state index contributed by atoms with van der Waals surface area (Å²) in [6.45, 7) is -1.98. The summed E-state index contributed by atoms with van der Waals surface area (Å²) >= 11 is 0. The summed E-state index contributed by atoms with van der Waals surface area (Å²) in [5.41, 5.74) is -4.91. The molecule has 65 heavy (non-hydrogen) atoms. The maximum absolute atomic E-state index is 14.6. The zero-order chi connectivity index (χ0) is 47.7. The second-order valence-corrected chi connectivity index (χ2v) is 14.4. The molecule has 1 aliphatic heterocycles. The van der Waals surface area contributed by atoms with Crippen molar-refractivity contribution >= 4 is 35.5 Å². The van der Waals surface area contributed by atoms with Crippen LogP contribution >= 0.6 is 0 Å². The van der Waals surface area contributed by atoms with Crippen molar-refractivity contribution in [3.63, 3.8) is 0 Å². The first-order chi connectivity index (χ1) is 31.1. The minimum atomic E-state index is -3.10. The number of rotatable bonds is 25. The average molecular weight is 912 g/mol. The third-order valence-corrected chi connectivity index (χ3v) is 10.1. The molecule has 3 aromatic rings. The Morgan fingerprint density at radius 3 is 1.72 bits per heavy atom. The topological polar surface area (TPSA) is 307 Å². The number of aliphatic carboxylic acids is 1. The normalized spacial score (nSPS) is 15.6. The number of carboxylic acids is 1. The molecule has 7 N–H and O–H groups in total. The molecule has 0 saturated heterocycles. The lowest BCUT2D eigenvalue weighted by Crippen LogP contribution is -2.67. The molecule has 0 fully saturated rings. The Morgan fingerprint density at radius 1 is 0.723 bits per heavy atom. The Balaban J connectivity index is 1.59. The number of hydrogen-bond acceptors (Lipinski definition) is 15. The highest BCUT2D eigenvalue weighted by Crippen LogP contribution is 2.30. The monoisotopic (exact) mass is 911 g/mol. The number of carbonyl (C=O) groups excluding carboxylic acids is 5. The van der Waals surface area contributed by atoms with Gasteiger partial charge in [0.15, 0.2) is 18.1 Å². The van der Waals surface area contributed by atoms with Crippen molar-refractivity contribution in [2.75, 3.05) is 87.0 Å². The summed E-state index contributed by atoms with van der Waals surface area (Å²) in [6, 6.07) is 8.77. The molecule has 2 atom stereocenters. The predicted octanol–water partition coefficient (Wildman–Crippen LogP) is -2.13. The second kappa shape index (κ2) is 24.1. The van der Waals surface area contributed by atoms with E-state index in [2.05, 4.69) is 16.0 Å². The molecule has 0 bridgehead atoms. The highest BCUT2D eigenvalue weighted by molar-refractivity contribution is 6.13. The maximum Gasteiger partial charge on any atom is 0.341 e. The van der Waals surface area contributed by atoms with Gasteiger partial charge in [0.1, 0.15) is 11.7 Å². The summed E-state index contributed by atoms with van der Waals surface area (Å²) in [7, 11) is 4.21. The van der Waals surface area contributed by atoms with Gasteiger partial charge in [-0.1, -0.05) is 18.2 Å². The van der Waals surface area contributed by atoms with Crippen LogP contribution in [0.2, 0.25) is 0 Å². The minimum absolute atomic E-state index is 0.0211. The Kier molecular flexibility index (Phi) is 18.8. The van der Waals surface area contributed by atoms with Crippen molar-refractivity contribution < 1.29 is 68.1 Å². The van der Waals surface area contributed by atoms with Gasteiger partial charge in [-0.3, -0.25) is 33.6 Å². The van der Waals surface area contributed by atoms with Gasteiger partial charge < -0.3 is 74.3 Å². The standard InChI is InChI=1S/C42H53N7O16/c1-62-23-20-46-15-9-29(33(52)38(46)57)35(54)44-13-18-49(19-14-45-36(55)30-10-16-47(21-24-63-2)39(58)34(30)53)41(60)42(61)31(11-17-48(40(42)59)22-25-64-3)37(56)43-12-8-27-4-6-28(7-5-27)65-26-32(50)51/h4-7,9-11,15-17,31,52-53,61H,8,12-14,18-26H2,1-3H3,(H,43,56)(H,44,54)(H,45,55)(H,50,51). The lowest BCUT2D eigenvalue weighted by molar-refractivity contribution is -0.174. The summed E-state index contributed by atoms with van der Waals surface area (Å²) in [4.78, 5) is 107. The van der Waals surface area contributed by atoms with Gasteiger partial charge in [-0.15, -0.1) is 0 Å². The minimum Gasteiger partial charge on any atom is -0.502 e. The first-order valence-corrected chi connectivity index (χ1v) is 20.2. The van der Waals surface area contributed by atoms with Crippen LogP contribution in [0.3, 0.4) is 0 Å². The Hall–Kier alpha value is -7.08. The van der Waals surface area contributed by atoms with E-state index in [0.29, 0.717) is 11.3 Å². The van der Waals surface area contributed by atoms with Crippen molar-refractivity contribution in [2.45, 2.75) is 25.1 Å². The van der Waals surface area contributed by atoms with Crippen LogP contribution in [-0.4, -0.2) is 167 Å². The molecule has 0 aliphatic carbocycles. The molecule has 0 radical (unpaired) electrons. The Morgan fingerprint density at radius 2 is 1.23 bits per heavy atom. The molecule has 1 aromatic carbocycles. The Bertz CT molecular complexity index is 2240. The number of nitrogens with one attached hydrogen (secondary N) is 3. The van der Waals surface area contributed by atoms with Gasteiger partial charge in [0.05, 0.1) is 30.9 Å². The number of aliphatic hydroxyl groups is 1. The number of pyridine rings is 2. The fourth-order valence-corrected chi connectivity index (χ4v) is 6.53. The van der Waals surface area contributed by atoms with Gasteiger partial charge in [-0.2, -0.15) is 0 Å². The molecule has 0 spiro atoms. The number of hydrogen-bond donors (Lipinski definition) is 7. The SMILES string of the molecule is COCCN1C=CC(C(=O)NCCc2ccc(OCC(=O)O)cc2)C(O)(C(=O)N(CCNC(=O)c2ccn(CCOC)c(=O)c2O)CCNC(=O)c2ccn(CCOC)c(=O)c2O)C1=O. The van der Waals surface area contributed by atoms with E-state index in [9.17, 15) is 53.7 Å². The van der Waals surface area contributed by atoms with E-state index < -0.39 is 114 Å². The predicted molar refractivity (Wildman–Crippen MR) is 227 cm³/mol. The molecule has 23 heteroatoms. The van der Waals surface area contributed by atoms with E-state index in [4.69, 9.17) is 24.1 Å². The number of aromatic hydroxyl groups is 2. The third kappa shape index (κ3) is 13.0. The highest BCUT2D eigenvalue weighted by atomic mass is 16.5. The number of aromatic nitrogens is 2. The molecule has 352 valence electrons. The maximum atomic E-state index is 14.6. The Labute approximate surface area is 371 Å². The van der Waals surface area contributed by atoms with E-state index in [1.165, 1.54) is 58.1 Å². The molecule has 0 saturated carbocycles. The third-order valence-electron chi connectivity index (χ3n) is 10.1. The molecule has 1 aliphatic rings. The number of methoxy groups -OCH3 is 3. The lowest BCUT2D eigenvalue weighted by atomic mass is 9.81. The number of nitrogens with zero attached hydrogens (tertiary/aromatic N) is 4. The fraction of sp³-hybridized carbons (Fsp3) is 0.429. The van der Waals surface area contributed by atoms with Crippen LogP contribution in [0.15, 0.2) is 70.7 Å². The van der Waals surface area contributed by atoms with E-state index in [-0.39, 0.29) is 52.4 Å². The smallest absolute Gasteiger partial charge is 0.341 e. The van der Waals surface area contributed by atoms with Crippen molar-refractivity contribution in [1.29, 1.82) is 0 Å². The van der Waals surface area contributed by atoms with E-state index in [1.54, 1.807) is 24.3 Å². The average Bonchev–Trinajstić information content (AvgIpc) is 3.29. The molecule has 4 rings (SSSR count). The van der Waals surface area contributed by atoms with Crippen LogP contribution in [0.1, 0.15) is 26.3 Å². The zero-order valence-corrected chi connectivity index (χ0v) is 36.0. The van der Waals surface area contributed by atoms with E-state index in [1.807, 2.05) is 0 Å². The largest absolute Gasteiger partial charge is 0.502 e. The van der Waals surface area contributed by atoms with Crippen molar-refractivity contribution in [2.24, 2.45) is 5.92 Å².